The predicted molar refractivity (Wildman–Crippen MR) is 80.5 cm³/mol. The van der Waals surface area contributed by atoms with Crippen LogP contribution in [0.3, 0.4) is 0 Å². The highest BCUT2D eigenvalue weighted by atomic mass is 16.2. The second-order valence-corrected chi connectivity index (χ2v) is 5.43. The summed E-state index contributed by atoms with van der Waals surface area (Å²) in [5, 5.41) is 6.06. The molecule has 0 radical (unpaired) electrons. The minimum absolute atomic E-state index is 0.0288. The van der Waals surface area contributed by atoms with Crippen LogP contribution < -0.4 is 10.6 Å². The molecule has 3 amide bonds. The first-order valence-electron chi connectivity index (χ1n) is 7.54. The van der Waals surface area contributed by atoms with E-state index in [0.717, 1.165) is 30.7 Å². The Morgan fingerprint density at radius 3 is 2.38 bits per heavy atom. The van der Waals surface area contributed by atoms with E-state index in [0.29, 0.717) is 19.0 Å². The highest BCUT2D eigenvalue weighted by Gasteiger charge is 2.22. The lowest BCUT2D eigenvalue weighted by Gasteiger charge is -2.14. The van der Waals surface area contributed by atoms with Gasteiger partial charge in [0.15, 0.2) is 0 Å². The number of hydrogen-bond donors (Lipinski definition) is 2. The maximum atomic E-state index is 11.6. The fourth-order valence-electron chi connectivity index (χ4n) is 2.03. The number of imide groups is 1. The fourth-order valence-corrected chi connectivity index (χ4v) is 2.03. The van der Waals surface area contributed by atoms with Crippen LogP contribution in [-0.2, 0) is 14.4 Å². The minimum Gasteiger partial charge on any atom is -0.354 e. The first-order valence-corrected chi connectivity index (χ1v) is 7.54. The van der Waals surface area contributed by atoms with Gasteiger partial charge in [-0.05, 0) is 19.4 Å². The fraction of sp³-hybridized carbons (Fsp3) is 0.667. The van der Waals surface area contributed by atoms with E-state index in [-0.39, 0.29) is 24.3 Å². The van der Waals surface area contributed by atoms with E-state index >= 15 is 0 Å². The molecule has 0 spiro atoms. The Labute approximate surface area is 125 Å². The Bertz CT molecular complexity index is 387. The van der Waals surface area contributed by atoms with Crippen LogP contribution in [-0.4, -0.2) is 48.3 Å². The van der Waals surface area contributed by atoms with Crippen LogP contribution in [0.1, 0.15) is 39.5 Å². The number of rotatable bonds is 10. The van der Waals surface area contributed by atoms with Crippen LogP contribution in [0, 0.1) is 0 Å². The highest BCUT2D eigenvalue weighted by molar-refractivity contribution is 6.12. The van der Waals surface area contributed by atoms with Crippen LogP contribution in [0.5, 0.6) is 0 Å². The lowest BCUT2D eigenvalue weighted by Crippen LogP contribution is -2.38. The monoisotopic (exact) mass is 295 g/mol. The molecule has 0 aromatic rings. The molecule has 1 rings (SSSR count). The largest absolute Gasteiger partial charge is 0.354 e. The van der Waals surface area contributed by atoms with Gasteiger partial charge in [0.1, 0.15) is 0 Å². The molecular weight excluding hydrogens is 270 g/mol. The van der Waals surface area contributed by atoms with E-state index in [1.165, 1.54) is 12.2 Å². The van der Waals surface area contributed by atoms with Crippen molar-refractivity contribution in [3.05, 3.63) is 12.2 Å². The predicted octanol–water partition coefficient (Wildman–Crippen LogP) is 0.586. The molecule has 2 N–H and O–H groups in total. The summed E-state index contributed by atoms with van der Waals surface area (Å²) in [6.07, 6.45) is 5.91. The van der Waals surface area contributed by atoms with Crippen LogP contribution >= 0.6 is 0 Å². The van der Waals surface area contributed by atoms with Crippen molar-refractivity contribution in [1.29, 1.82) is 0 Å². The molecular formula is C15H25N3O3. The van der Waals surface area contributed by atoms with Gasteiger partial charge in [0.05, 0.1) is 0 Å². The Morgan fingerprint density at radius 1 is 1.10 bits per heavy atom. The maximum absolute atomic E-state index is 11.6. The lowest BCUT2D eigenvalue weighted by atomic mass is 10.2. The third-order valence-corrected chi connectivity index (χ3v) is 3.19. The van der Waals surface area contributed by atoms with E-state index in [1.807, 2.05) is 0 Å². The molecule has 0 aromatic heterocycles. The number of unbranched alkanes of at least 4 members (excludes halogenated alkanes) is 2. The van der Waals surface area contributed by atoms with E-state index in [1.54, 1.807) is 0 Å². The maximum Gasteiger partial charge on any atom is 0.253 e. The Morgan fingerprint density at radius 2 is 1.76 bits per heavy atom. The van der Waals surface area contributed by atoms with Gasteiger partial charge >= 0.3 is 0 Å². The molecule has 6 heteroatoms. The zero-order chi connectivity index (χ0) is 15.7. The molecule has 0 atom stereocenters. The lowest BCUT2D eigenvalue weighted by molar-refractivity contribution is -0.137. The molecule has 1 aliphatic rings. The molecule has 0 aromatic carbocycles. The third-order valence-electron chi connectivity index (χ3n) is 3.19. The summed E-state index contributed by atoms with van der Waals surface area (Å²) in [6, 6.07) is 0.499. The number of hydrogen-bond acceptors (Lipinski definition) is 4. The highest BCUT2D eigenvalue weighted by Crippen LogP contribution is 2.02. The normalized spacial score (nSPS) is 14.3. The number of nitrogens with zero attached hydrogens (tertiary/aromatic N) is 1. The van der Waals surface area contributed by atoms with Gasteiger partial charge in [-0.3, -0.25) is 19.3 Å². The standard InChI is InChI=1S/C15H25N3O3/c1-12(2)16-9-5-3-4-6-13(19)17-10-11-18-14(20)7-8-15(18)21/h7-8,12,16H,3-6,9-11H2,1-2H3,(H,17,19). The Hall–Kier alpha value is -1.69. The number of carbonyl (C=O) groups excluding carboxylic acids is 3. The zero-order valence-electron chi connectivity index (χ0n) is 12.9. The molecule has 118 valence electrons. The summed E-state index contributed by atoms with van der Waals surface area (Å²) in [5.74, 6) is -0.655. The minimum atomic E-state index is -0.313. The van der Waals surface area contributed by atoms with E-state index in [9.17, 15) is 14.4 Å². The van der Waals surface area contributed by atoms with Crippen molar-refractivity contribution in [2.45, 2.75) is 45.6 Å². The smallest absolute Gasteiger partial charge is 0.253 e. The molecule has 0 aliphatic carbocycles. The molecule has 0 saturated carbocycles. The molecule has 21 heavy (non-hydrogen) atoms. The van der Waals surface area contributed by atoms with Crippen LogP contribution in [0.25, 0.3) is 0 Å². The first-order chi connectivity index (χ1) is 10.0. The summed E-state index contributed by atoms with van der Waals surface area (Å²) in [5.41, 5.74) is 0. The summed E-state index contributed by atoms with van der Waals surface area (Å²) >= 11 is 0. The first kappa shape index (κ1) is 17.4. The van der Waals surface area contributed by atoms with Crippen molar-refractivity contribution in [3.8, 4) is 0 Å². The quantitative estimate of drug-likeness (QED) is 0.456. The summed E-state index contributed by atoms with van der Waals surface area (Å²) < 4.78 is 0. The van der Waals surface area contributed by atoms with Gasteiger partial charge in [-0.25, -0.2) is 0 Å². The molecule has 1 aliphatic heterocycles. The van der Waals surface area contributed by atoms with Crippen molar-refractivity contribution in [1.82, 2.24) is 15.5 Å². The van der Waals surface area contributed by atoms with Gasteiger partial charge in [0, 0.05) is 37.7 Å². The third kappa shape index (κ3) is 7.04. The van der Waals surface area contributed by atoms with Gasteiger partial charge < -0.3 is 10.6 Å². The Kier molecular flexibility index (Phi) is 7.68. The molecule has 0 unspecified atom stereocenters. The number of nitrogens with one attached hydrogen (secondary N) is 2. The van der Waals surface area contributed by atoms with Crippen LogP contribution in [0.2, 0.25) is 0 Å². The average molecular weight is 295 g/mol. The van der Waals surface area contributed by atoms with Gasteiger partial charge in [0.2, 0.25) is 5.91 Å². The van der Waals surface area contributed by atoms with Gasteiger partial charge in [0.25, 0.3) is 11.8 Å². The summed E-state index contributed by atoms with van der Waals surface area (Å²) in [6.45, 7) is 5.74. The van der Waals surface area contributed by atoms with Gasteiger partial charge in [-0.2, -0.15) is 0 Å². The van der Waals surface area contributed by atoms with Crippen LogP contribution in [0.4, 0.5) is 0 Å². The molecule has 0 fully saturated rings. The average Bonchev–Trinajstić information content (AvgIpc) is 2.74. The van der Waals surface area contributed by atoms with Crippen LogP contribution in [0.15, 0.2) is 12.2 Å². The summed E-state index contributed by atoms with van der Waals surface area (Å²) in [4.78, 5) is 35.3. The van der Waals surface area contributed by atoms with Crippen molar-refractivity contribution in [3.63, 3.8) is 0 Å². The second-order valence-electron chi connectivity index (χ2n) is 5.43. The number of carbonyl (C=O) groups is 3. The molecule has 0 saturated heterocycles. The SMILES string of the molecule is CC(C)NCCCCCC(=O)NCCN1C(=O)C=CC1=O. The molecule has 6 nitrogen and oxygen atoms in total. The van der Waals surface area contributed by atoms with Gasteiger partial charge in [-0.15, -0.1) is 0 Å². The topological polar surface area (TPSA) is 78.5 Å². The molecule has 1 heterocycles. The Balaban J connectivity index is 1.99. The van der Waals surface area contributed by atoms with E-state index in [2.05, 4.69) is 24.5 Å². The molecule has 0 bridgehead atoms. The van der Waals surface area contributed by atoms with E-state index < -0.39 is 0 Å². The van der Waals surface area contributed by atoms with Crippen molar-refractivity contribution in [2.75, 3.05) is 19.6 Å². The summed E-state index contributed by atoms with van der Waals surface area (Å²) in [7, 11) is 0. The second kappa shape index (κ2) is 9.28. The van der Waals surface area contributed by atoms with E-state index in [4.69, 9.17) is 0 Å². The van der Waals surface area contributed by atoms with Crippen molar-refractivity contribution < 1.29 is 14.4 Å². The van der Waals surface area contributed by atoms with Gasteiger partial charge in [-0.1, -0.05) is 20.3 Å². The van der Waals surface area contributed by atoms with Crippen molar-refractivity contribution in [2.24, 2.45) is 0 Å². The zero-order valence-corrected chi connectivity index (χ0v) is 12.9. The van der Waals surface area contributed by atoms with Crippen molar-refractivity contribution >= 4 is 17.7 Å². The number of amides is 3.